The normalized spacial score (nSPS) is 11.2. The molecule has 28 heavy (non-hydrogen) atoms. The molecule has 0 spiro atoms. The Balaban J connectivity index is 1.83. The zero-order valence-electron chi connectivity index (χ0n) is 15.5. The third-order valence-electron chi connectivity index (χ3n) is 3.61. The maximum absolute atomic E-state index is 12.9. The Labute approximate surface area is 161 Å². The zero-order chi connectivity index (χ0) is 20.5. The van der Waals surface area contributed by atoms with E-state index < -0.39 is 36.2 Å². The van der Waals surface area contributed by atoms with Gasteiger partial charge in [-0.15, -0.1) is 0 Å². The van der Waals surface area contributed by atoms with Crippen LogP contribution in [0.15, 0.2) is 48.5 Å². The summed E-state index contributed by atoms with van der Waals surface area (Å²) in [6, 6.07) is 11.8. The molecule has 8 heteroatoms. The second kappa shape index (κ2) is 10.1. The van der Waals surface area contributed by atoms with Crippen LogP contribution in [0.5, 0.6) is 5.75 Å². The predicted octanol–water partition coefficient (Wildman–Crippen LogP) is 2.52. The van der Waals surface area contributed by atoms with E-state index in [9.17, 15) is 18.8 Å². The van der Waals surface area contributed by atoms with Gasteiger partial charge in [-0.3, -0.25) is 14.4 Å². The van der Waals surface area contributed by atoms with Crippen molar-refractivity contribution in [3.8, 4) is 5.75 Å². The molecule has 2 N–H and O–H groups in total. The SMILES string of the molecule is CCOc1ccccc1C(=O)NCC(=O)O[C@@H](C)C(=O)Nc1ccc(F)cc1. The molecule has 0 aliphatic heterocycles. The molecule has 2 aromatic carbocycles. The van der Waals surface area contributed by atoms with Gasteiger partial charge in [0.15, 0.2) is 6.10 Å². The molecule has 2 aromatic rings. The number of esters is 1. The van der Waals surface area contributed by atoms with E-state index in [1.165, 1.54) is 31.2 Å². The molecule has 2 rings (SSSR count). The van der Waals surface area contributed by atoms with Crippen molar-refractivity contribution in [1.29, 1.82) is 0 Å². The summed E-state index contributed by atoms with van der Waals surface area (Å²) >= 11 is 0. The van der Waals surface area contributed by atoms with Gasteiger partial charge < -0.3 is 20.1 Å². The first-order chi connectivity index (χ1) is 13.4. The van der Waals surface area contributed by atoms with Crippen molar-refractivity contribution in [2.24, 2.45) is 0 Å². The van der Waals surface area contributed by atoms with E-state index in [4.69, 9.17) is 9.47 Å². The molecular formula is C20H21FN2O5. The standard InChI is InChI=1S/C20H21FN2O5/c1-3-27-17-7-5-4-6-16(17)20(26)22-12-18(24)28-13(2)19(25)23-15-10-8-14(21)9-11-15/h4-11,13H,3,12H2,1-2H3,(H,22,26)(H,23,25)/t13-/m0/s1. The number of benzene rings is 2. The van der Waals surface area contributed by atoms with Gasteiger partial charge in [-0.1, -0.05) is 12.1 Å². The number of amides is 2. The number of carbonyl (C=O) groups excluding carboxylic acids is 3. The first-order valence-corrected chi connectivity index (χ1v) is 8.66. The first kappa shape index (κ1) is 20.9. The summed E-state index contributed by atoms with van der Waals surface area (Å²) in [5, 5.41) is 4.93. The maximum atomic E-state index is 12.9. The summed E-state index contributed by atoms with van der Waals surface area (Å²) < 4.78 is 23.2. The Morgan fingerprint density at radius 1 is 1.07 bits per heavy atom. The van der Waals surface area contributed by atoms with Crippen LogP contribution < -0.4 is 15.4 Å². The summed E-state index contributed by atoms with van der Waals surface area (Å²) in [4.78, 5) is 36.2. The molecule has 148 valence electrons. The summed E-state index contributed by atoms with van der Waals surface area (Å²) in [7, 11) is 0. The number of hydrogen-bond acceptors (Lipinski definition) is 5. The van der Waals surface area contributed by atoms with Gasteiger partial charge in [-0.25, -0.2) is 4.39 Å². The molecule has 0 bridgehead atoms. The highest BCUT2D eigenvalue weighted by atomic mass is 19.1. The molecule has 0 saturated heterocycles. The predicted molar refractivity (Wildman–Crippen MR) is 101 cm³/mol. The Morgan fingerprint density at radius 3 is 2.43 bits per heavy atom. The van der Waals surface area contributed by atoms with Crippen LogP contribution in [0.25, 0.3) is 0 Å². The number of para-hydroxylation sites is 1. The molecule has 0 radical (unpaired) electrons. The van der Waals surface area contributed by atoms with Crippen LogP contribution in [0.4, 0.5) is 10.1 Å². The number of anilines is 1. The minimum Gasteiger partial charge on any atom is -0.493 e. The Hall–Kier alpha value is -3.42. The zero-order valence-corrected chi connectivity index (χ0v) is 15.5. The van der Waals surface area contributed by atoms with E-state index in [1.54, 1.807) is 31.2 Å². The highest BCUT2D eigenvalue weighted by molar-refractivity contribution is 5.99. The maximum Gasteiger partial charge on any atom is 0.326 e. The van der Waals surface area contributed by atoms with Gasteiger partial charge in [0.05, 0.1) is 12.2 Å². The number of halogens is 1. The monoisotopic (exact) mass is 388 g/mol. The molecule has 2 amide bonds. The Kier molecular flexibility index (Phi) is 7.50. The lowest BCUT2D eigenvalue weighted by Crippen LogP contribution is -2.36. The number of carbonyl (C=O) groups is 3. The fourth-order valence-corrected chi connectivity index (χ4v) is 2.25. The van der Waals surface area contributed by atoms with E-state index in [0.29, 0.717) is 23.6 Å². The van der Waals surface area contributed by atoms with Gasteiger partial charge in [0, 0.05) is 5.69 Å². The van der Waals surface area contributed by atoms with Crippen LogP contribution in [-0.4, -0.2) is 37.0 Å². The molecule has 0 heterocycles. The third kappa shape index (κ3) is 6.08. The van der Waals surface area contributed by atoms with Gasteiger partial charge in [0.1, 0.15) is 18.1 Å². The average Bonchev–Trinajstić information content (AvgIpc) is 2.68. The van der Waals surface area contributed by atoms with Crippen molar-refractivity contribution in [2.45, 2.75) is 20.0 Å². The Morgan fingerprint density at radius 2 is 1.75 bits per heavy atom. The van der Waals surface area contributed by atoms with Crippen molar-refractivity contribution in [2.75, 3.05) is 18.5 Å². The van der Waals surface area contributed by atoms with Crippen LogP contribution in [0.2, 0.25) is 0 Å². The van der Waals surface area contributed by atoms with Crippen molar-refractivity contribution >= 4 is 23.5 Å². The highest BCUT2D eigenvalue weighted by Crippen LogP contribution is 2.17. The smallest absolute Gasteiger partial charge is 0.326 e. The van der Waals surface area contributed by atoms with Gasteiger partial charge in [0.2, 0.25) is 0 Å². The largest absolute Gasteiger partial charge is 0.493 e. The minimum atomic E-state index is -1.09. The fraction of sp³-hybridized carbons (Fsp3) is 0.250. The molecule has 0 aliphatic rings. The fourth-order valence-electron chi connectivity index (χ4n) is 2.25. The van der Waals surface area contributed by atoms with Crippen molar-refractivity contribution in [3.63, 3.8) is 0 Å². The average molecular weight is 388 g/mol. The van der Waals surface area contributed by atoms with Crippen LogP contribution >= 0.6 is 0 Å². The molecule has 0 aliphatic carbocycles. The lowest BCUT2D eigenvalue weighted by molar-refractivity contribution is -0.152. The second-order valence-electron chi connectivity index (χ2n) is 5.74. The molecule has 0 saturated carbocycles. The van der Waals surface area contributed by atoms with Gasteiger partial charge >= 0.3 is 5.97 Å². The van der Waals surface area contributed by atoms with E-state index in [1.807, 2.05) is 0 Å². The summed E-state index contributed by atoms with van der Waals surface area (Å²) in [6.07, 6.45) is -1.09. The summed E-state index contributed by atoms with van der Waals surface area (Å²) in [5.41, 5.74) is 0.661. The van der Waals surface area contributed by atoms with Crippen LogP contribution in [0.1, 0.15) is 24.2 Å². The number of nitrogens with one attached hydrogen (secondary N) is 2. The summed E-state index contributed by atoms with van der Waals surface area (Å²) in [5.74, 6) is -1.87. The number of ether oxygens (including phenoxy) is 2. The quantitative estimate of drug-likeness (QED) is 0.678. The molecule has 7 nitrogen and oxygen atoms in total. The second-order valence-corrected chi connectivity index (χ2v) is 5.74. The van der Waals surface area contributed by atoms with E-state index in [0.717, 1.165) is 0 Å². The van der Waals surface area contributed by atoms with Crippen molar-refractivity contribution in [3.05, 3.63) is 59.9 Å². The van der Waals surface area contributed by atoms with Crippen LogP contribution in [0, 0.1) is 5.82 Å². The Bertz CT molecular complexity index is 839. The number of rotatable bonds is 8. The topological polar surface area (TPSA) is 93.7 Å². The molecular weight excluding hydrogens is 367 g/mol. The molecule has 0 fully saturated rings. The third-order valence-corrected chi connectivity index (χ3v) is 3.61. The van der Waals surface area contributed by atoms with E-state index >= 15 is 0 Å². The molecule has 0 unspecified atom stereocenters. The van der Waals surface area contributed by atoms with E-state index in [-0.39, 0.29) is 0 Å². The first-order valence-electron chi connectivity index (χ1n) is 8.66. The van der Waals surface area contributed by atoms with E-state index in [2.05, 4.69) is 10.6 Å². The highest BCUT2D eigenvalue weighted by Gasteiger charge is 2.19. The number of hydrogen-bond donors (Lipinski definition) is 2. The molecule has 1 atom stereocenters. The van der Waals surface area contributed by atoms with Crippen LogP contribution in [-0.2, 0) is 14.3 Å². The lowest BCUT2D eigenvalue weighted by atomic mass is 10.2. The van der Waals surface area contributed by atoms with Gasteiger partial charge in [-0.05, 0) is 50.2 Å². The minimum absolute atomic E-state index is 0.291. The van der Waals surface area contributed by atoms with Gasteiger partial charge in [0.25, 0.3) is 11.8 Å². The van der Waals surface area contributed by atoms with Gasteiger partial charge in [-0.2, -0.15) is 0 Å². The summed E-state index contributed by atoms with van der Waals surface area (Å²) in [6.45, 7) is 3.17. The van der Waals surface area contributed by atoms with Crippen molar-refractivity contribution < 1.29 is 28.2 Å². The molecule has 0 aromatic heterocycles. The lowest BCUT2D eigenvalue weighted by Gasteiger charge is -2.14. The van der Waals surface area contributed by atoms with Crippen molar-refractivity contribution in [1.82, 2.24) is 5.32 Å². The van der Waals surface area contributed by atoms with Crippen LogP contribution in [0.3, 0.4) is 0 Å².